The first-order chi connectivity index (χ1) is 9.39. The molecule has 3 N–H and O–H groups in total. The van der Waals surface area contributed by atoms with Crippen LogP contribution in [0.3, 0.4) is 0 Å². The molecular weight excluding hydrogens is 271 g/mol. The van der Waals surface area contributed by atoms with Gasteiger partial charge in [0.2, 0.25) is 0 Å². The molecule has 1 rings (SSSR count). The zero-order valence-corrected chi connectivity index (χ0v) is 10.8. The first-order valence-electron chi connectivity index (χ1n) is 5.87. The second-order valence-corrected chi connectivity index (χ2v) is 4.33. The summed E-state index contributed by atoms with van der Waals surface area (Å²) in [4.78, 5) is 21.6. The molecule has 20 heavy (non-hydrogen) atoms. The van der Waals surface area contributed by atoms with Crippen LogP contribution in [0.25, 0.3) is 0 Å². The lowest BCUT2D eigenvalue weighted by molar-refractivity contribution is -0.385. The van der Waals surface area contributed by atoms with Crippen LogP contribution >= 0.6 is 0 Å². The van der Waals surface area contributed by atoms with Crippen molar-refractivity contribution in [1.82, 2.24) is 5.32 Å². The summed E-state index contributed by atoms with van der Waals surface area (Å²) in [6, 6.07) is 2.63. The molecule has 0 saturated heterocycles. The van der Waals surface area contributed by atoms with Gasteiger partial charge in [0.1, 0.15) is 5.82 Å². The van der Waals surface area contributed by atoms with E-state index in [1.54, 1.807) is 6.92 Å². The van der Waals surface area contributed by atoms with Crippen molar-refractivity contribution in [2.24, 2.45) is 0 Å². The van der Waals surface area contributed by atoms with Crippen molar-refractivity contribution in [3.63, 3.8) is 0 Å². The van der Waals surface area contributed by atoms with Gasteiger partial charge in [-0.25, -0.2) is 4.39 Å². The summed E-state index contributed by atoms with van der Waals surface area (Å²) in [6.45, 7) is 0.611. The molecule has 1 aromatic rings. The molecule has 0 spiro atoms. The first kappa shape index (κ1) is 16.0. The van der Waals surface area contributed by atoms with E-state index >= 15 is 0 Å². The third kappa shape index (κ3) is 3.28. The summed E-state index contributed by atoms with van der Waals surface area (Å²) in [6.07, 6.45) is 0.236. The van der Waals surface area contributed by atoms with Crippen LogP contribution in [0.15, 0.2) is 18.2 Å². The zero-order valence-electron chi connectivity index (χ0n) is 10.8. The van der Waals surface area contributed by atoms with Crippen LogP contribution in [0.1, 0.15) is 23.7 Å². The van der Waals surface area contributed by atoms with Gasteiger partial charge >= 0.3 is 0 Å². The van der Waals surface area contributed by atoms with Gasteiger partial charge in [-0.15, -0.1) is 0 Å². The highest BCUT2D eigenvalue weighted by Gasteiger charge is 2.30. The zero-order chi connectivity index (χ0) is 15.3. The molecule has 0 aliphatic rings. The fourth-order valence-electron chi connectivity index (χ4n) is 1.55. The lowest BCUT2D eigenvalue weighted by atomic mass is 9.97. The smallest absolute Gasteiger partial charge is 0.272 e. The molecule has 0 radical (unpaired) electrons. The number of nitro benzene ring substituents is 1. The summed E-state index contributed by atoms with van der Waals surface area (Å²) in [5.74, 6) is -1.90. The molecule has 0 aliphatic heterocycles. The largest absolute Gasteiger partial charge is 0.394 e. The van der Waals surface area contributed by atoms with Crippen LogP contribution in [0, 0.1) is 15.9 Å². The minimum absolute atomic E-state index is 0.236. The number of rotatable bonds is 6. The normalized spacial score (nSPS) is 11.2. The number of amides is 1. The summed E-state index contributed by atoms with van der Waals surface area (Å²) in [7, 11) is 0. The minimum Gasteiger partial charge on any atom is -0.394 e. The molecule has 0 unspecified atom stereocenters. The highest BCUT2D eigenvalue weighted by atomic mass is 19.1. The van der Waals surface area contributed by atoms with Crippen LogP contribution in [0.2, 0.25) is 0 Å². The predicted molar refractivity (Wildman–Crippen MR) is 67.7 cm³/mol. The first-order valence-corrected chi connectivity index (χ1v) is 5.87. The molecule has 0 heterocycles. The second kappa shape index (κ2) is 6.40. The third-order valence-corrected chi connectivity index (χ3v) is 3.07. The Morgan fingerprint density at radius 2 is 2.05 bits per heavy atom. The maximum atomic E-state index is 13.7. The number of nitrogens with one attached hydrogen (secondary N) is 1. The van der Waals surface area contributed by atoms with E-state index in [-0.39, 0.29) is 6.42 Å². The Morgan fingerprint density at radius 1 is 1.45 bits per heavy atom. The summed E-state index contributed by atoms with van der Waals surface area (Å²) >= 11 is 0. The number of nitrogens with zero attached hydrogens (tertiary/aromatic N) is 1. The number of carbonyl (C=O) groups is 1. The van der Waals surface area contributed by atoms with Gasteiger partial charge in [-0.1, -0.05) is 6.92 Å². The Morgan fingerprint density at radius 3 is 2.45 bits per heavy atom. The highest BCUT2D eigenvalue weighted by Crippen LogP contribution is 2.18. The number of aliphatic hydroxyl groups is 2. The summed E-state index contributed by atoms with van der Waals surface area (Å²) in [5, 5.41) is 31.2. The number of aliphatic hydroxyl groups excluding tert-OH is 2. The van der Waals surface area contributed by atoms with Crippen molar-refractivity contribution in [1.29, 1.82) is 0 Å². The van der Waals surface area contributed by atoms with E-state index in [1.165, 1.54) is 0 Å². The molecule has 1 amide bonds. The van der Waals surface area contributed by atoms with Crippen LogP contribution in [-0.2, 0) is 0 Å². The number of nitro groups is 1. The second-order valence-electron chi connectivity index (χ2n) is 4.33. The van der Waals surface area contributed by atoms with Crippen LogP contribution in [0.4, 0.5) is 10.1 Å². The number of hydrogen-bond donors (Lipinski definition) is 3. The van der Waals surface area contributed by atoms with Crippen molar-refractivity contribution in [3.05, 3.63) is 39.7 Å². The van der Waals surface area contributed by atoms with E-state index in [0.717, 1.165) is 12.1 Å². The van der Waals surface area contributed by atoms with Crippen molar-refractivity contribution in [2.75, 3.05) is 13.2 Å². The van der Waals surface area contributed by atoms with Crippen LogP contribution in [-0.4, -0.2) is 39.8 Å². The minimum atomic E-state index is -1.26. The average molecular weight is 286 g/mol. The molecule has 8 heteroatoms. The maximum Gasteiger partial charge on any atom is 0.272 e. The molecule has 1 aromatic carbocycles. The number of halogens is 1. The maximum absolute atomic E-state index is 13.7. The van der Waals surface area contributed by atoms with E-state index in [2.05, 4.69) is 5.32 Å². The van der Waals surface area contributed by atoms with Crippen molar-refractivity contribution in [3.8, 4) is 0 Å². The number of hydrogen-bond acceptors (Lipinski definition) is 5. The number of carbonyl (C=O) groups excluding carboxylic acids is 1. The molecule has 0 aromatic heterocycles. The van der Waals surface area contributed by atoms with Gasteiger partial charge in [-0.3, -0.25) is 14.9 Å². The molecule has 0 aliphatic carbocycles. The summed E-state index contributed by atoms with van der Waals surface area (Å²) in [5.41, 5.74) is -2.12. The predicted octanol–water partition coefficient (Wildman–Crippen LogP) is 0.597. The van der Waals surface area contributed by atoms with E-state index < -0.39 is 46.7 Å². The van der Waals surface area contributed by atoms with Gasteiger partial charge in [0.05, 0.1) is 35.3 Å². The number of benzene rings is 1. The molecular formula is C12H15FN2O5. The summed E-state index contributed by atoms with van der Waals surface area (Å²) < 4.78 is 13.7. The molecule has 110 valence electrons. The van der Waals surface area contributed by atoms with Gasteiger partial charge in [-0.2, -0.15) is 0 Å². The van der Waals surface area contributed by atoms with Gasteiger partial charge in [0.25, 0.3) is 11.6 Å². The monoisotopic (exact) mass is 286 g/mol. The lowest BCUT2D eigenvalue weighted by Crippen LogP contribution is -2.53. The Hall–Kier alpha value is -2.06. The SMILES string of the molecule is CCC(CO)(CO)NC(=O)c1ccc([N+](=O)[O-])cc1F. The van der Waals surface area contributed by atoms with E-state index in [1.807, 2.05) is 0 Å². The Bertz CT molecular complexity index is 508. The fraction of sp³-hybridized carbons (Fsp3) is 0.417. The van der Waals surface area contributed by atoms with E-state index in [0.29, 0.717) is 6.07 Å². The van der Waals surface area contributed by atoms with Crippen molar-refractivity contribution in [2.45, 2.75) is 18.9 Å². The Labute approximate surface area is 114 Å². The Kier molecular flexibility index (Phi) is 5.12. The standard InChI is InChI=1S/C12H15FN2O5/c1-2-12(6-16,7-17)14-11(18)9-4-3-8(15(19)20)5-10(9)13/h3-5,16-17H,2,6-7H2,1H3,(H,14,18). The van der Waals surface area contributed by atoms with Gasteiger partial charge < -0.3 is 15.5 Å². The van der Waals surface area contributed by atoms with Crippen LogP contribution in [0.5, 0.6) is 0 Å². The van der Waals surface area contributed by atoms with Crippen LogP contribution < -0.4 is 5.32 Å². The topological polar surface area (TPSA) is 113 Å². The lowest BCUT2D eigenvalue weighted by Gasteiger charge is -2.29. The quantitative estimate of drug-likeness (QED) is 0.523. The van der Waals surface area contributed by atoms with E-state index in [4.69, 9.17) is 0 Å². The van der Waals surface area contributed by atoms with Crippen molar-refractivity contribution >= 4 is 11.6 Å². The van der Waals surface area contributed by atoms with Crippen molar-refractivity contribution < 1.29 is 24.3 Å². The molecule has 0 saturated carbocycles. The Balaban J connectivity index is 3.01. The molecule has 0 fully saturated rings. The van der Waals surface area contributed by atoms with E-state index in [9.17, 15) is 29.5 Å². The molecule has 0 bridgehead atoms. The molecule has 0 atom stereocenters. The van der Waals surface area contributed by atoms with Gasteiger partial charge in [-0.05, 0) is 12.5 Å². The average Bonchev–Trinajstić information content (AvgIpc) is 2.44. The highest BCUT2D eigenvalue weighted by molar-refractivity contribution is 5.95. The third-order valence-electron chi connectivity index (χ3n) is 3.07. The van der Waals surface area contributed by atoms with Gasteiger partial charge in [0, 0.05) is 6.07 Å². The van der Waals surface area contributed by atoms with Gasteiger partial charge in [0.15, 0.2) is 0 Å². The molecule has 7 nitrogen and oxygen atoms in total. The fourth-order valence-corrected chi connectivity index (χ4v) is 1.55. The number of non-ortho nitro benzene ring substituents is 1.